The summed E-state index contributed by atoms with van der Waals surface area (Å²) in [6, 6.07) is -0.0104. The Morgan fingerprint density at radius 1 is 1.47 bits per heavy atom. The predicted octanol–water partition coefficient (Wildman–Crippen LogP) is 1.67. The summed E-state index contributed by atoms with van der Waals surface area (Å²) in [5.74, 6) is 0.594. The number of ether oxygens (including phenoxy) is 1. The van der Waals surface area contributed by atoms with Gasteiger partial charge in [0.05, 0.1) is 0 Å². The van der Waals surface area contributed by atoms with Gasteiger partial charge in [-0.15, -0.1) is 0 Å². The van der Waals surface area contributed by atoms with Gasteiger partial charge in [-0.1, -0.05) is 0 Å². The van der Waals surface area contributed by atoms with E-state index in [0.29, 0.717) is 12.2 Å². The van der Waals surface area contributed by atoms with Crippen LogP contribution in [0.25, 0.3) is 0 Å². The molecule has 0 saturated heterocycles. The lowest BCUT2D eigenvalue weighted by Crippen LogP contribution is -2.38. The van der Waals surface area contributed by atoms with Crippen LogP contribution in [0, 0.1) is 0 Å². The van der Waals surface area contributed by atoms with E-state index in [1.807, 2.05) is 27.7 Å². The quantitative estimate of drug-likeness (QED) is 0.806. The minimum atomic E-state index is -0.812. The Morgan fingerprint density at radius 3 is 2.40 bits per heavy atom. The van der Waals surface area contributed by atoms with Gasteiger partial charge in [-0.2, -0.15) is 0 Å². The standard InChI is InChI=1S/C10H21NO3S/c1-8(6-7-15(5)13)11-9(12)14-10(2,3)4/h8H,6-7H2,1-5H3,(H,11,12)/t8-,15?/m0/s1. The molecule has 1 N–H and O–H groups in total. The zero-order chi connectivity index (χ0) is 12.1. The van der Waals surface area contributed by atoms with Crippen LogP contribution in [0.5, 0.6) is 0 Å². The van der Waals surface area contributed by atoms with E-state index in [4.69, 9.17) is 4.74 Å². The highest BCUT2D eigenvalue weighted by molar-refractivity contribution is 7.84. The molecule has 0 fully saturated rings. The van der Waals surface area contributed by atoms with Crippen LogP contribution in [0.4, 0.5) is 4.79 Å². The van der Waals surface area contributed by atoms with Crippen molar-refractivity contribution >= 4 is 16.9 Å². The summed E-state index contributed by atoms with van der Waals surface area (Å²) in [4.78, 5) is 11.3. The van der Waals surface area contributed by atoms with Crippen LogP contribution in [0.2, 0.25) is 0 Å². The van der Waals surface area contributed by atoms with E-state index in [1.54, 1.807) is 6.26 Å². The second-order valence-corrected chi connectivity index (χ2v) is 6.17. The molecule has 0 radical (unpaired) electrons. The van der Waals surface area contributed by atoms with Gasteiger partial charge in [-0.3, -0.25) is 4.21 Å². The Kier molecular flexibility index (Phi) is 5.87. The highest BCUT2D eigenvalue weighted by Crippen LogP contribution is 2.07. The summed E-state index contributed by atoms with van der Waals surface area (Å²) >= 11 is 0. The third-order valence-electron chi connectivity index (χ3n) is 1.60. The second-order valence-electron chi connectivity index (χ2n) is 4.61. The van der Waals surface area contributed by atoms with Gasteiger partial charge in [0.15, 0.2) is 0 Å². The summed E-state index contributed by atoms with van der Waals surface area (Å²) < 4.78 is 15.9. The van der Waals surface area contributed by atoms with Gasteiger partial charge in [-0.25, -0.2) is 4.79 Å². The maximum Gasteiger partial charge on any atom is 0.407 e. The van der Waals surface area contributed by atoms with E-state index < -0.39 is 22.5 Å². The lowest BCUT2D eigenvalue weighted by atomic mass is 10.2. The zero-order valence-corrected chi connectivity index (χ0v) is 10.9. The lowest BCUT2D eigenvalue weighted by Gasteiger charge is -2.21. The molecule has 0 aliphatic rings. The normalized spacial score (nSPS) is 15.5. The fourth-order valence-corrected chi connectivity index (χ4v) is 1.61. The first kappa shape index (κ1) is 14.4. The molecule has 15 heavy (non-hydrogen) atoms. The van der Waals surface area contributed by atoms with Crippen LogP contribution in [0.15, 0.2) is 0 Å². The molecule has 5 heteroatoms. The highest BCUT2D eigenvalue weighted by atomic mass is 32.2. The van der Waals surface area contributed by atoms with Crippen LogP contribution in [0.3, 0.4) is 0 Å². The summed E-state index contributed by atoms with van der Waals surface area (Å²) in [5, 5.41) is 2.70. The molecule has 4 nitrogen and oxygen atoms in total. The van der Waals surface area contributed by atoms with E-state index in [-0.39, 0.29) is 6.04 Å². The van der Waals surface area contributed by atoms with Crippen molar-refractivity contribution in [1.29, 1.82) is 0 Å². The molecule has 2 atom stereocenters. The van der Waals surface area contributed by atoms with E-state index in [9.17, 15) is 9.00 Å². The maximum atomic E-state index is 11.3. The molecule has 0 aromatic heterocycles. The number of nitrogens with one attached hydrogen (secondary N) is 1. The van der Waals surface area contributed by atoms with Gasteiger partial charge >= 0.3 is 6.09 Å². The van der Waals surface area contributed by atoms with Crippen LogP contribution < -0.4 is 5.32 Å². The van der Waals surface area contributed by atoms with Crippen LogP contribution in [-0.2, 0) is 15.5 Å². The first-order valence-electron chi connectivity index (χ1n) is 5.00. The Morgan fingerprint density at radius 2 is 2.00 bits per heavy atom. The molecule has 0 spiro atoms. The van der Waals surface area contributed by atoms with E-state index >= 15 is 0 Å². The topological polar surface area (TPSA) is 55.4 Å². The molecule has 90 valence electrons. The van der Waals surface area contributed by atoms with Crippen molar-refractivity contribution in [2.24, 2.45) is 0 Å². The SMILES string of the molecule is C[C@@H](CCS(C)=O)NC(=O)OC(C)(C)C. The molecular weight excluding hydrogens is 214 g/mol. The van der Waals surface area contributed by atoms with E-state index in [0.717, 1.165) is 0 Å². The van der Waals surface area contributed by atoms with Gasteiger partial charge in [0.25, 0.3) is 0 Å². The molecule has 0 aliphatic carbocycles. The number of carbonyl (C=O) groups is 1. The predicted molar refractivity (Wildman–Crippen MR) is 62.4 cm³/mol. The monoisotopic (exact) mass is 235 g/mol. The molecule has 0 aromatic rings. The highest BCUT2D eigenvalue weighted by Gasteiger charge is 2.17. The molecule has 1 amide bonds. The molecule has 1 unspecified atom stereocenters. The average Bonchev–Trinajstić information content (AvgIpc) is 1.96. The van der Waals surface area contributed by atoms with Crippen molar-refractivity contribution in [1.82, 2.24) is 5.32 Å². The average molecular weight is 235 g/mol. The lowest BCUT2D eigenvalue weighted by molar-refractivity contribution is 0.0507. The van der Waals surface area contributed by atoms with Crippen molar-refractivity contribution in [2.45, 2.75) is 45.8 Å². The molecule has 0 bridgehead atoms. The number of carbonyl (C=O) groups excluding carboxylic acids is 1. The first-order chi connectivity index (χ1) is 6.70. The number of rotatable bonds is 4. The third kappa shape index (κ3) is 9.72. The maximum absolute atomic E-state index is 11.3. The summed E-state index contributed by atoms with van der Waals surface area (Å²) in [5.41, 5.74) is -0.475. The van der Waals surface area contributed by atoms with Gasteiger partial charge in [0, 0.05) is 28.9 Å². The van der Waals surface area contributed by atoms with Crippen LogP contribution in [-0.4, -0.2) is 34.0 Å². The molecule has 0 heterocycles. The summed E-state index contributed by atoms with van der Waals surface area (Å²) in [6.45, 7) is 7.33. The Labute approximate surface area is 94.2 Å². The van der Waals surface area contributed by atoms with Crippen molar-refractivity contribution < 1.29 is 13.7 Å². The number of hydrogen-bond donors (Lipinski definition) is 1. The Bertz CT molecular complexity index is 235. The van der Waals surface area contributed by atoms with Crippen LogP contribution in [0.1, 0.15) is 34.1 Å². The summed E-state index contributed by atoms with van der Waals surface area (Å²) in [7, 11) is -0.812. The molecule has 0 aromatic carbocycles. The smallest absolute Gasteiger partial charge is 0.407 e. The fourth-order valence-electron chi connectivity index (χ4n) is 0.924. The van der Waals surface area contributed by atoms with Crippen molar-refractivity contribution in [2.75, 3.05) is 12.0 Å². The van der Waals surface area contributed by atoms with Gasteiger partial charge in [0.2, 0.25) is 0 Å². The number of amides is 1. The van der Waals surface area contributed by atoms with Crippen molar-refractivity contribution in [3.8, 4) is 0 Å². The fraction of sp³-hybridized carbons (Fsp3) is 0.900. The number of hydrogen-bond acceptors (Lipinski definition) is 3. The van der Waals surface area contributed by atoms with Gasteiger partial charge < -0.3 is 10.1 Å². The summed E-state index contributed by atoms with van der Waals surface area (Å²) in [6.07, 6.45) is 1.93. The zero-order valence-electron chi connectivity index (χ0n) is 10.1. The van der Waals surface area contributed by atoms with Gasteiger partial charge in [0.1, 0.15) is 5.60 Å². The molecular formula is C10H21NO3S. The minimum Gasteiger partial charge on any atom is -0.444 e. The van der Waals surface area contributed by atoms with E-state index in [2.05, 4.69) is 5.32 Å². The van der Waals surface area contributed by atoms with Crippen LogP contribution >= 0.6 is 0 Å². The Balaban J connectivity index is 3.81. The second kappa shape index (κ2) is 6.10. The molecule has 0 aliphatic heterocycles. The van der Waals surface area contributed by atoms with E-state index in [1.165, 1.54) is 0 Å². The molecule has 0 saturated carbocycles. The number of alkyl carbamates (subject to hydrolysis) is 1. The molecule has 0 rings (SSSR count). The van der Waals surface area contributed by atoms with Gasteiger partial charge in [-0.05, 0) is 34.1 Å². The Hall–Kier alpha value is -0.580. The van der Waals surface area contributed by atoms with Crippen molar-refractivity contribution in [3.05, 3.63) is 0 Å². The van der Waals surface area contributed by atoms with Crippen molar-refractivity contribution in [3.63, 3.8) is 0 Å². The third-order valence-corrected chi connectivity index (χ3v) is 2.41. The largest absolute Gasteiger partial charge is 0.444 e. The first-order valence-corrected chi connectivity index (χ1v) is 6.73. The minimum absolute atomic E-state index is 0.0104.